The van der Waals surface area contributed by atoms with E-state index < -0.39 is 0 Å². The monoisotopic (exact) mass is 555 g/mol. The highest BCUT2D eigenvalue weighted by atomic mass is 16.5. The number of hydrogen-bond acceptors (Lipinski definition) is 7. The van der Waals surface area contributed by atoms with E-state index in [1.807, 2.05) is 44.9 Å². The maximum absolute atomic E-state index is 14.1. The number of carbonyl (C=O) groups excluding carboxylic acids is 1. The molecule has 4 heterocycles. The quantitative estimate of drug-likeness (QED) is 0.454. The van der Waals surface area contributed by atoms with Crippen LogP contribution in [0.25, 0.3) is 11.1 Å². The van der Waals surface area contributed by atoms with Crippen molar-refractivity contribution in [2.45, 2.75) is 58.7 Å². The molecule has 1 N–H and O–H groups in total. The molecular weight excluding hydrogens is 518 g/mol. The third kappa shape index (κ3) is 5.37. The second kappa shape index (κ2) is 11.5. The van der Waals surface area contributed by atoms with E-state index in [1.54, 1.807) is 23.7 Å². The second-order valence-corrected chi connectivity index (χ2v) is 11.1. The number of aryl methyl sites for hydroxylation is 2. The number of fused-ring (bicyclic) bond motifs is 1. The number of nitriles is 1. The molecule has 41 heavy (non-hydrogen) atoms. The Bertz CT molecular complexity index is 1590. The molecule has 2 aliphatic rings. The Hall–Kier alpha value is -4.00. The minimum absolute atomic E-state index is 0.0683. The Morgan fingerprint density at radius 2 is 1.95 bits per heavy atom. The summed E-state index contributed by atoms with van der Waals surface area (Å²) in [6.45, 7) is 10.2. The first-order valence-electron chi connectivity index (χ1n) is 14.2. The van der Waals surface area contributed by atoms with E-state index in [-0.39, 0.29) is 29.7 Å². The number of likely N-dealkylation sites (tertiary alicyclic amines) is 1. The number of pyridine rings is 2. The topological polar surface area (TPSA) is 112 Å². The lowest BCUT2D eigenvalue weighted by atomic mass is 9.86. The molecule has 0 bridgehead atoms. The van der Waals surface area contributed by atoms with Gasteiger partial charge in [0.2, 0.25) is 0 Å². The molecule has 0 saturated carbocycles. The van der Waals surface area contributed by atoms with Gasteiger partial charge in [0.25, 0.3) is 11.5 Å². The summed E-state index contributed by atoms with van der Waals surface area (Å²) < 4.78 is 7.24. The van der Waals surface area contributed by atoms with Gasteiger partial charge in [-0.05, 0) is 68.9 Å². The average molecular weight is 556 g/mol. The summed E-state index contributed by atoms with van der Waals surface area (Å²) in [5.74, 6) is 0.401. The first-order chi connectivity index (χ1) is 19.6. The van der Waals surface area contributed by atoms with Crippen LogP contribution in [0, 0.1) is 18.3 Å². The molecular formula is C32H37N5O4. The SMILES string of the molecule is CCOc1cc([C@H](C)N2CCc3c(cc(CCN4C[C@@H](O)[C@H]4C)cc3-c3cn(C)c(=O)cc3C)C2=O)ncc1C#N. The minimum Gasteiger partial charge on any atom is -0.492 e. The smallest absolute Gasteiger partial charge is 0.254 e. The average Bonchev–Trinajstić information content (AvgIpc) is 2.96. The fourth-order valence-corrected chi connectivity index (χ4v) is 5.87. The molecule has 3 atom stereocenters. The van der Waals surface area contributed by atoms with Crippen LogP contribution in [0.3, 0.4) is 0 Å². The fourth-order valence-electron chi connectivity index (χ4n) is 5.87. The number of aromatic nitrogens is 2. The molecule has 9 heteroatoms. The highest BCUT2D eigenvalue weighted by Crippen LogP contribution is 2.36. The Kier molecular flexibility index (Phi) is 7.98. The largest absolute Gasteiger partial charge is 0.492 e. The number of aliphatic hydroxyl groups excluding tert-OH is 1. The Morgan fingerprint density at radius 1 is 1.20 bits per heavy atom. The molecule has 2 aliphatic heterocycles. The van der Waals surface area contributed by atoms with Crippen molar-refractivity contribution in [1.82, 2.24) is 19.4 Å². The van der Waals surface area contributed by atoms with E-state index in [0.29, 0.717) is 48.7 Å². The summed E-state index contributed by atoms with van der Waals surface area (Å²) in [5, 5.41) is 19.4. The third-order valence-electron chi connectivity index (χ3n) is 8.57. The molecule has 2 aromatic heterocycles. The standard InChI is InChI=1S/C32H37N5O4/c1-6-41-30-14-28(34-16-23(30)15-33)20(3)37-10-8-24-25(27-17-35(5)31(39)11-19(27)2)12-22(13-26(24)32(37)40)7-9-36-18-29(38)21(36)4/h11-14,16-17,20-21,29,38H,6-10,18H2,1-5H3/t20-,21+,29+/m0/s1. The van der Waals surface area contributed by atoms with Gasteiger partial charge in [-0.2, -0.15) is 5.26 Å². The van der Waals surface area contributed by atoms with E-state index in [0.717, 1.165) is 40.8 Å². The summed E-state index contributed by atoms with van der Waals surface area (Å²) in [5.41, 5.74) is 6.46. The maximum atomic E-state index is 14.1. The van der Waals surface area contributed by atoms with Crippen molar-refractivity contribution in [3.8, 4) is 22.9 Å². The molecule has 0 unspecified atom stereocenters. The number of aliphatic hydroxyl groups is 1. The molecule has 214 valence electrons. The number of nitrogens with zero attached hydrogens (tertiary/aromatic N) is 5. The van der Waals surface area contributed by atoms with Gasteiger partial charge in [-0.25, -0.2) is 0 Å². The highest BCUT2D eigenvalue weighted by Gasteiger charge is 2.34. The predicted molar refractivity (Wildman–Crippen MR) is 156 cm³/mol. The van der Waals surface area contributed by atoms with Gasteiger partial charge < -0.3 is 19.3 Å². The van der Waals surface area contributed by atoms with E-state index in [4.69, 9.17) is 4.74 Å². The van der Waals surface area contributed by atoms with Crippen LogP contribution in [0.4, 0.5) is 0 Å². The van der Waals surface area contributed by atoms with Crippen molar-refractivity contribution >= 4 is 5.91 Å². The molecule has 9 nitrogen and oxygen atoms in total. The van der Waals surface area contributed by atoms with Gasteiger partial charge in [0.15, 0.2) is 0 Å². The van der Waals surface area contributed by atoms with Crippen molar-refractivity contribution in [3.05, 3.63) is 80.5 Å². The molecule has 0 aliphatic carbocycles. The maximum Gasteiger partial charge on any atom is 0.254 e. The Balaban J connectivity index is 1.53. The number of rotatable bonds is 8. The van der Waals surface area contributed by atoms with E-state index >= 15 is 0 Å². The van der Waals surface area contributed by atoms with E-state index in [9.17, 15) is 20.0 Å². The molecule has 0 radical (unpaired) electrons. The minimum atomic E-state index is -0.322. The molecule has 3 aromatic rings. The first kappa shape index (κ1) is 28.5. The molecule has 1 fully saturated rings. The lowest BCUT2D eigenvalue weighted by molar-refractivity contribution is -0.0510. The zero-order valence-electron chi connectivity index (χ0n) is 24.3. The van der Waals surface area contributed by atoms with Gasteiger partial charge in [-0.15, -0.1) is 0 Å². The fraction of sp³-hybridized carbons (Fsp3) is 0.438. The van der Waals surface area contributed by atoms with Crippen molar-refractivity contribution in [3.63, 3.8) is 0 Å². The van der Waals surface area contributed by atoms with Crippen LogP contribution in [0.5, 0.6) is 5.75 Å². The number of β-amino-alcohol motifs (C(OH)–C–C–N with tert-alkyl or cyclic N) is 1. The summed E-state index contributed by atoms with van der Waals surface area (Å²) in [6, 6.07) is 9.49. The summed E-state index contributed by atoms with van der Waals surface area (Å²) >= 11 is 0. The molecule has 5 rings (SSSR count). The van der Waals surface area contributed by atoms with Crippen LogP contribution in [0.15, 0.2) is 41.5 Å². The van der Waals surface area contributed by atoms with E-state index in [2.05, 4.69) is 22.0 Å². The summed E-state index contributed by atoms with van der Waals surface area (Å²) in [7, 11) is 1.74. The molecule has 1 aromatic carbocycles. The van der Waals surface area contributed by atoms with Crippen molar-refractivity contribution in [1.29, 1.82) is 5.26 Å². The number of ether oxygens (including phenoxy) is 1. The van der Waals surface area contributed by atoms with Crippen molar-refractivity contribution in [2.75, 3.05) is 26.2 Å². The lowest BCUT2D eigenvalue weighted by Gasteiger charge is -2.43. The number of carbonyl (C=O) groups is 1. The molecule has 0 spiro atoms. The zero-order valence-corrected chi connectivity index (χ0v) is 24.3. The van der Waals surface area contributed by atoms with E-state index in [1.165, 1.54) is 6.20 Å². The molecule has 1 saturated heterocycles. The Morgan fingerprint density at radius 3 is 2.63 bits per heavy atom. The van der Waals surface area contributed by atoms with Crippen LogP contribution in [0.1, 0.15) is 65.1 Å². The number of benzene rings is 1. The third-order valence-corrected chi connectivity index (χ3v) is 8.57. The van der Waals surface area contributed by atoms with Gasteiger partial charge >= 0.3 is 0 Å². The predicted octanol–water partition coefficient (Wildman–Crippen LogP) is 3.39. The van der Waals surface area contributed by atoms with Crippen LogP contribution >= 0.6 is 0 Å². The van der Waals surface area contributed by atoms with Crippen molar-refractivity contribution in [2.24, 2.45) is 7.05 Å². The summed E-state index contributed by atoms with van der Waals surface area (Å²) in [6.07, 6.45) is 4.47. The number of hydrogen-bond donors (Lipinski definition) is 1. The first-order valence-corrected chi connectivity index (χ1v) is 14.2. The van der Waals surface area contributed by atoms with Gasteiger partial charge in [0.05, 0.1) is 24.4 Å². The van der Waals surface area contributed by atoms with Crippen LogP contribution < -0.4 is 10.3 Å². The zero-order chi connectivity index (χ0) is 29.4. The van der Waals surface area contributed by atoms with Gasteiger partial charge in [0.1, 0.15) is 17.4 Å². The van der Waals surface area contributed by atoms with Gasteiger partial charge in [-0.1, -0.05) is 6.07 Å². The number of amides is 1. The van der Waals surface area contributed by atoms with Crippen LogP contribution in [0.2, 0.25) is 0 Å². The van der Waals surface area contributed by atoms with Gasteiger partial charge in [-0.3, -0.25) is 19.5 Å². The normalized spacial score (nSPS) is 19.3. The lowest BCUT2D eigenvalue weighted by Crippen LogP contribution is -2.58. The van der Waals surface area contributed by atoms with Gasteiger partial charge in [0, 0.05) is 68.4 Å². The van der Waals surface area contributed by atoms with Crippen LogP contribution in [-0.4, -0.2) is 68.8 Å². The summed E-state index contributed by atoms with van der Waals surface area (Å²) in [4.78, 5) is 35.0. The van der Waals surface area contributed by atoms with Crippen molar-refractivity contribution < 1.29 is 14.6 Å². The molecule has 1 amide bonds. The Labute approximate surface area is 240 Å². The van der Waals surface area contributed by atoms with Crippen LogP contribution in [-0.2, 0) is 19.9 Å². The highest BCUT2D eigenvalue weighted by molar-refractivity contribution is 5.99. The second-order valence-electron chi connectivity index (χ2n) is 11.1.